The molecule has 0 bridgehead atoms. The van der Waals surface area contributed by atoms with E-state index in [2.05, 4.69) is 21.2 Å². The lowest BCUT2D eigenvalue weighted by molar-refractivity contribution is 0.102. The molecule has 1 aromatic heterocycles. The zero-order chi connectivity index (χ0) is 16.6. The number of nitrogens with one attached hydrogen (secondary N) is 1. The molecule has 3 rings (SSSR count). The average Bonchev–Trinajstić information content (AvgIpc) is 2.45. The van der Waals surface area contributed by atoms with Gasteiger partial charge in [0.05, 0.1) is 0 Å². The Balaban J connectivity index is 2.00. The van der Waals surface area contributed by atoms with Crippen molar-refractivity contribution in [3.05, 3.63) is 73.0 Å². The molecular formula is C16H8BrCl2NO3. The number of rotatable bonds is 2. The fourth-order valence-corrected chi connectivity index (χ4v) is 2.98. The summed E-state index contributed by atoms with van der Waals surface area (Å²) in [5.41, 5.74) is -0.0288. The Kier molecular flexibility index (Phi) is 4.43. The molecule has 0 aliphatic carbocycles. The zero-order valence-electron chi connectivity index (χ0n) is 11.4. The number of halogens is 3. The Labute approximate surface area is 149 Å². The van der Waals surface area contributed by atoms with Gasteiger partial charge in [-0.15, -0.1) is 0 Å². The molecule has 0 aliphatic heterocycles. The number of benzene rings is 2. The van der Waals surface area contributed by atoms with E-state index in [-0.39, 0.29) is 5.56 Å². The maximum absolute atomic E-state index is 12.3. The van der Waals surface area contributed by atoms with Gasteiger partial charge in [0.15, 0.2) is 0 Å². The minimum atomic E-state index is -0.717. The van der Waals surface area contributed by atoms with Crippen molar-refractivity contribution in [3.63, 3.8) is 0 Å². The molecule has 7 heteroatoms. The highest BCUT2D eigenvalue weighted by molar-refractivity contribution is 9.10. The molecule has 0 radical (unpaired) electrons. The smallest absolute Gasteiger partial charge is 0.349 e. The number of carbonyl (C=O) groups excluding carboxylic acids is 1. The summed E-state index contributed by atoms with van der Waals surface area (Å²) in [7, 11) is 0. The second-order valence-electron chi connectivity index (χ2n) is 4.74. The zero-order valence-corrected chi connectivity index (χ0v) is 14.5. The van der Waals surface area contributed by atoms with Gasteiger partial charge in [-0.25, -0.2) is 4.79 Å². The van der Waals surface area contributed by atoms with Crippen LogP contribution in [-0.2, 0) is 0 Å². The molecule has 1 amide bonds. The molecule has 0 fully saturated rings. The van der Waals surface area contributed by atoms with E-state index in [1.54, 1.807) is 24.3 Å². The van der Waals surface area contributed by atoms with E-state index in [9.17, 15) is 9.59 Å². The van der Waals surface area contributed by atoms with Crippen molar-refractivity contribution in [3.8, 4) is 0 Å². The monoisotopic (exact) mass is 411 g/mol. The average molecular weight is 413 g/mol. The van der Waals surface area contributed by atoms with Gasteiger partial charge in [-0.05, 0) is 42.5 Å². The summed E-state index contributed by atoms with van der Waals surface area (Å²) in [5.74, 6) is -0.598. The lowest BCUT2D eigenvalue weighted by Gasteiger charge is -2.06. The van der Waals surface area contributed by atoms with E-state index >= 15 is 0 Å². The largest absolute Gasteiger partial charge is 0.422 e. The van der Waals surface area contributed by atoms with Crippen LogP contribution < -0.4 is 10.9 Å². The predicted octanol–water partition coefficient (Wildman–Crippen LogP) is 5.11. The minimum absolute atomic E-state index is 0.105. The molecule has 2 aromatic carbocycles. The summed E-state index contributed by atoms with van der Waals surface area (Å²) in [4.78, 5) is 24.3. The number of fused-ring (bicyclic) bond motifs is 1. The lowest BCUT2D eigenvalue weighted by Crippen LogP contribution is -2.20. The SMILES string of the molecule is O=C(Nc1cc(Cl)cc(Cl)c1)c1cc2cc(Br)ccc2oc1=O. The minimum Gasteiger partial charge on any atom is -0.422 e. The normalized spacial score (nSPS) is 10.7. The van der Waals surface area contributed by atoms with Crippen LogP contribution in [0.3, 0.4) is 0 Å². The van der Waals surface area contributed by atoms with Crippen LogP contribution in [0.1, 0.15) is 10.4 Å². The highest BCUT2D eigenvalue weighted by Crippen LogP contribution is 2.23. The van der Waals surface area contributed by atoms with Gasteiger partial charge in [-0.1, -0.05) is 39.1 Å². The fraction of sp³-hybridized carbons (Fsp3) is 0. The molecule has 1 heterocycles. The first kappa shape index (κ1) is 16.1. The molecule has 1 N–H and O–H groups in total. The lowest BCUT2D eigenvalue weighted by atomic mass is 10.1. The first-order valence-corrected chi connectivity index (χ1v) is 7.98. The summed E-state index contributed by atoms with van der Waals surface area (Å²) in [6.07, 6.45) is 0. The third-order valence-corrected chi connectivity index (χ3v) is 3.99. The Morgan fingerprint density at radius 3 is 2.43 bits per heavy atom. The van der Waals surface area contributed by atoms with Gasteiger partial charge in [0.1, 0.15) is 11.1 Å². The highest BCUT2D eigenvalue weighted by Gasteiger charge is 2.14. The second kappa shape index (κ2) is 6.35. The summed E-state index contributed by atoms with van der Waals surface area (Å²) in [5, 5.41) is 3.97. The second-order valence-corrected chi connectivity index (χ2v) is 6.53. The van der Waals surface area contributed by atoms with Crippen molar-refractivity contribution in [1.29, 1.82) is 0 Å². The first-order chi connectivity index (χ1) is 10.9. The number of amides is 1. The number of anilines is 1. The first-order valence-electron chi connectivity index (χ1n) is 6.43. The van der Waals surface area contributed by atoms with E-state index in [0.29, 0.717) is 26.7 Å². The van der Waals surface area contributed by atoms with Crippen molar-refractivity contribution < 1.29 is 9.21 Å². The van der Waals surface area contributed by atoms with Gasteiger partial charge >= 0.3 is 5.63 Å². The summed E-state index contributed by atoms with van der Waals surface area (Å²) in [6, 6.07) is 11.2. The quantitative estimate of drug-likeness (QED) is 0.594. The standard InChI is InChI=1S/C16H8BrCl2NO3/c17-9-1-2-14-8(3-9)4-13(16(22)23-14)15(21)20-12-6-10(18)5-11(19)7-12/h1-7H,(H,20,21). The van der Waals surface area contributed by atoms with Crippen molar-refractivity contribution in [2.75, 3.05) is 5.32 Å². The summed E-state index contributed by atoms with van der Waals surface area (Å²) < 4.78 is 5.98. The molecule has 0 atom stereocenters. The van der Waals surface area contributed by atoms with Crippen molar-refractivity contribution in [2.45, 2.75) is 0 Å². The molecule has 4 nitrogen and oxygen atoms in total. The number of carbonyl (C=O) groups is 1. The Bertz CT molecular complexity index is 964. The molecule has 0 saturated carbocycles. The third-order valence-electron chi connectivity index (χ3n) is 3.06. The summed E-state index contributed by atoms with van der Waals surface area (Å²) >= 11 is 15.1. The van der Waals surface area contributed by atoms with Crippen molar-refractivity contribution in [2.24, 2.45) is 0 Å². The van der Waals surface area contributed by atoms with Crippen LogP contribution in [0.15, 0.2) is 56.1 Å². The van der Waals surface area contributed by atoms with E-state index in [0.717, 1.165) is 4.47 Å². The van der Waals surface area contributed by atoms with Crippen LogP contribution in [0, 0.1) is 0 Å². The van der Waals surface area contributed by atoms with Crippen LogP contribution in [0.5, 0.6) is 0 Å². The fourth-order valence-electron chi connectivity index (χ4n) is 2.08. The van der Waals surface area contributed by atoms with Crippen molar-refractivity contribution in [1.82, 2.24) is 0 Å². The molecule has 3 aromatic rings. The highest BCUT2D eigenvalue weighted by atomic mass is 79.9. The Hall–Kier alpha value is -1.82. The maximum Gasteiger partial charge on any atom is 0.349 e. The van der Waals surface area contributed by atoms with Gasteiger partial charge in [-0.2, -0.15) is 0 Å². The predicted molar refractivity (Wildman–Crippen MR) is 94.6 cm³/mol. The molecule has 0 spiro atoms. The Morgan fingerprint density at radius 2 is 1.74 bits per heavy atom. The summed E-state index contributed by atoms with van der Waals surface area (Å²) in [6.45, 7) is 0. The van der Waals surface area contributed by atoms with Gasteiger partial charge < -0.3 is 9.73 Å². The van der Waals surface area contributed by atoms with Gasteiger partial charge in [0.2, 0.25) is 0 Å². The molecular weight excluding hydrogens is 405 g/mol. The van der Waals surface area contributed by atoms with Crippen LogP contribution in [0.2, 0.25) is 10.0 Å². The van der Waals surface area contributed by atoms with Crippen LogP contribution >= 0.6 is 39.1 Å². The van der Waals surface area contributed by atoms with Crippen LogP contribution in [-0.4, -0.2) is 5.91 Å². The van der Waals surface area contributed by atoms with Crippen LogP contribution in [0.4, 0.5) is 5.69 Å². The molecule has 0 unspecified atom stereocenters. The molecule has 23 heavy (non-hydrogen) atoms. The number of hydrogen-bond acceptors (Lipinski definition) is 3. The van der Waals surface area contributed by atoms with Gasteiger partial charge in [0.25, 0.3) is 5.91 Å². The topological polar surface area (TPSA) is 59.3 Å². The third kappa shape index (κ3) is 3.58. The van der Waals surface area contributed by atoms with E-state index in [4.69, 9.17) is 27.6 Å². The van der Waals surface area contributed by atoms with Crippen molar-refractivity contribution >= 4 is 61.7 Å². The van der Waals surface area contributed by atoms with E-state index < -0.39 is 11.5 Å². The van der Waals surface area contributed by atoms with Crippen LogP contribution in [0.25, 0.3) is 11.0 Å². The van der Waals surface area contributed by atoms with E-state index in [1.807, 2.05) is 0 Å². The van der Waals surface area contributed by atoms with Gasteiger partial charge in [0, 0.05) is 25.6 Å². The molecule has 0 saturated heterocycles. The van der Waals surface area contributed by atoms with Gasteiger partial charge in [-0.3, -0.25) is 4.79 Å². The van der Waals surface area contributed by atoms with E-state index in [1.165, 1.54) is 18.2 Å². The Morgan fingerprint density at radius 1 is 1.04 bits per heavy atom. The molecule has 0 aliphatic rings. The molecule has 116 valence electrons. The number of hydrogen-bond donors (Lipinski definition) is 1. The maximum atomic E-state index is 12.3.